The molecule has 1 saturated heterocycles. The predicted molar refractivity (Wildman–Crippen MR) is 135 cm³/mol. The first-order valence-corrected chi connectivity index (χ1v) is 12.3. The Morgan fingerprint density at radius 1 is 1.17 bits per heavy atom. The minimum absolute atomic E-state index is 0.0375. The first-order chi connectivity index (χ1) is 17.1. The van der Waals surface area contributed by atoms with Gasteiger partial charge in [0.25, 0.3) is 0 Å². The lowest BCUT2D eigenvalue weighted by atomic mass is 10.1. The highest BCUT2D eigenvalue weighted by atomic mass is 16.5. The standard InChI is InChI=1S/C28H35N3O4/c1-21-6-8-23(9-7-21)26-20-30-28(35-26)11-10-27(32)29-19-22-4-3-5-25(18-22)34-17-14-31(2)24-12-15-33-16-13-24/h3-9,18,20,24H,10-17,19H2,1-2H3,(H,29,32). The summed E-state index contributed by atoms with van der Waals surface area (Å²) in [6.45, 7) is 5.69. The smallest absolute Gasteiger partial charge is 0.220 e. The van der Waals surface area contributed by atoms with Crippen LogP contribution in [0, 0.1) is 6.92 Å². The fraction of sp³-hybridized carbons (Fsp3) is 0.429. The fourth-order valence-corrected chi connectivity index (χ4v) is 4.15. The number of nitrogens with one attached hydrogen (secondary N) is 1. The van der Waals surface area contributed by atoms with Gasteiger partial charge >= 0.3 is 0 Å². The van der Waals surface area contributed by atoms with E-state index >= 15 is 0 Å². The highest BCUT2D eigenvalue weighted by Gasteiger charge is 2.18. The number of benzene rings is 2. The quantitative estimate of drug-likeness (QED) is 0.441. The molecule has 0 bridgehead atoms. The van der Waals surface area contributed by atoms with Gasteiger partial charge in [-0.25, -0.2) is 4.98 Å². The van der Waals surface area contributed by atoms with Gasteiger partial charge in [0.05, 0.1) is 6.20 Å². The van der Waals surface area contributed by atoms with E-state index in [4.69, 9.17) is 13.9 Å². The van der Waals surface area contributed by atoms with Crippen LogP contribution in [0.1, 0.15) is 36.3 Å². The van der Waals surface area contributed by atoms with E-state index in [0.717, 1.165) is 55.2 Å². The maximum Gasteiger partial charge on any atom is 0.220 e. The van der Waals surface area contributed by atoms with Crippen LogP contribution in [0.4, 0.5) is 0 Å². The van der Waals surface area contributed by atoms with E-state index in [0.29, 0.717) is 37.9 Å². The number of likely N-dealkylation sites (N-methyl/N-ethyl adjacent to an activating group) is 1. The lowest BCUT2D eigenvalue weighted by Crippen LogP contribution is -2.38. The summed E-state index contributed by atoms with van der Waals surface area (Å²) in [6, 6.07) is 16.5. The van der Waals surface area contributed by atoms with Crippen molar-refractivity contribution in [1.29, 1.82) is 0 Å². The van der Waals surface area contributed by atoms with Crippen molar-refractivity contribution in [2.75, 3.05) is 33.4 Å². The van der Waals surface area contributed by atoms with Crippen LogP contribution >= 0.6 is 0 Å². The van der Waals surface area contributed by atoms with E-state index in [1.165, 1.54) is 5.56 Å². The number of hydrogen-bond donors (Lipinski definition) is 1. The minimum atomic E-state index is -0.0375. The molecule has 186 valence electrons. The average molecular weight is 478 g/mol. The molecule has 0 saturated carbocycles. The van der Waals surface area contributed by atoms with Crippen LogP contribution < -0.4 is 10.1 Å². The third kappa shape index (κ3) is 7.67. The van der Waals surface area contributed by atoms with Gasteiger partial charge in [0.15, 0.2) is 11.7 Å². The summed E-state index contributed by atoms with van der Waals surface area (Å²) in [7, 11) is 2.15. The first kappa shape index (κ1) is 24.9. The summed E-state index contributed by atoms with van der Waals surface area (Å²) < 4.78 is 17.2. The van der Waals surface area contributed by atoms with Crippen molar-refractivity contribution in [3.05, 3.63) is 71.7 Å². The molecular formula is C28H35N3O4. The summed E-state index contributed by atoms with van der Waals surface area (Å²) >= 11 is 0. The number of hydrogen-bond acceptors (Lipinski definition) is 6. The van der Waals surface area contributed by atoms with Crippen LogP contribution in [0.25, 0.3) is 11.3 Å². The molecule has 1 aromatic heterocycles. The van der Waals surface area contributed by atoms with Crippen molar-refractivity contribution >= 4 is 5.91 Å². The van der Waals surface area contributed by atoms with Gasteiger partial charge in [0, 0.05) is 50.8 Å². The number of aromatic nitrogens is 1. The van der Waals surface area contributed by atoms with Gasteiger partial charge in [-0.1, -0.05) is 42.0 Å². The van der Waals surface area contributed by atoms with Gasteiger partial charge in [-0.05, 0) is 44.5 Å². The molecule has 0 unspecified atom stereocenters. The minimum Gasteiger partial charge on any atom is -0.492 e. The fourth-order valence-electron chi connectivity index (χ4n) is 4.15. The second kappa shape index (κ2) is 12.5. The number of oxazole rings is 1. The number of aryl methyl sites for hydroxylation is 2. The van der Waals surface area contributed by atoms with Crippen molar-refractivity contribution < 1.29 is 18.7 Å². The van der Waals surface area contributed by atoms with Gasteiger partial charge in [0.2, 0.25) is 5.91 Å². The Bertz CT molecular complexity index is 1070. The summed E-state index contributed by atoms with van der Waals surface area (Å²) in [4.78, 5) is 19.0. The molecule has 1 amide bonds. The zero-order valence-electron chi connectivity index (χ0n) is 20.7. The zero-order valence-corrected chi connectivity index (χ0v) is 20.7. The summed E-state index contributed by atoms with van der Waals surface area (Å²) in [6.07, 6.45) is 4.65. The molecule has 7 heteroatoms. The molecule has 1 aliphatic heterocycles. The molecule has 0 radical (unpaired) electrons. The van der Waals surface area contributed by atoms with Crippen molar-refractivity contribution in [2.45, 2.75) is 45.2 Å². The first-order valence-electron chi connectivity index (χ1n) is 12.3. The molecular weight excluding hydrogens is 442 g/mol. The largest absolute Gasteiger partial charge is 0.492 e. The molecule has 0 aliphatic carbocycles. The van der Waals surface area contributed by atoms with Gasteiger partial charge in [-0.3, -0.25) is 9.69 Å². The Balaban J connectivity index is 1.17. The monoisotopic (exact) mass is 477 g/mol. The van der Waals surface area contributed by atoms with Crippen LogP contribution in [-0.2, 0) is 22.5 Å². The SMILES string of the molecule is Cc1ccc(-c2cnc(CCC(=O)NCc3cccc(OCCN(C)C4CCOCC4)c3)o2)cc1. The summed E-state index contributed by atoms with van der Waals surface area (Å²) in [5.41, 5.74) is 3.18. The Morgan fingerprint density at radius 2 is 1.97 bits per heavy atom. The number of amides is 1. The molecule has 2 aromatic carbocycles. The summed E-state index contributed by atoms with van der Waals surface area (Å²) in [5, 5.41) is 2.97. The van der Waals surface area contributed by atoms with Crippen LogP contribution in [0.3, 0.4) is 0 Å². The van der Waals surface area contributed by atoms with Gasteiger partial charge in [-0.15, -0.1) is 0 Å². The van der Waals surface area contributed by atoms with Gasteiger partial charge < -0.3 is 19.2 Å². The molecule has 0 atom stereocenters. The maximum atomic E-state index is 12.4. The van der Waals surface area contributed by atoms with E-state index in [1.54, 1.807) is 6.20 Å². The van der Waals surface area contributed by atoms with Crippen LogP contribution in [0.2, 0.25) is 0 Å². The van der Waals surface area contributed by atoms with E-state index in [9.17, 15) is 4.79 Å². The normalized spacial score (nSPS) is 14.3. The number of rotatable bonds is 11. The number of nitrogens with zero attached hydrogens (tertiary/aromatic N) is 2. The zero-order chi connectivity index (χ0) is 24.5. The van der Waals surface area contributed by atoms with E-state index in [1.807, 2.05) is 55.5 Å². The number of ether oxygens (including phenoxy) is 2. The molecule has 35 heavy (non-hydrogen) atoms. The number of carbonyl (C=O) groups excluding carboxylic acids is 1. The average Bonchev–Trinajstić information content (AvgIpc) is 3.36. The molecule has 4 rings (SSSR count). The predicted octanol–water partition coefficient (Wildman–Crippen LogP) is 4.39. The highest BCUT2D eigenvalue weighted by molar-refractivity contribution is 5.76. The molecule has 3 aromatic rings. The second-order valence-electron chi connectivity index (χ2n) is 9.08. The Morgan fingerprint density at radius 3 is 2.77 bits per heavy atom. The lowest BCUT2D eigenvalue weighted by Gasteiger charge is -2.31. The second-order valence-corrected chi connectivity index (χ2v) is 9.08. The maximum absolute atomic E-state index is 12.4. The topological polar surface area (TPSA) is 76.8 Å². The summed E-state index contributed by atoms with van der Waals surface area (Å²) in [5.74, 6) is 2.07. The molecule has 7 nitrogen and oxygen atoms in total. The van der Waals surface area contributed by atoms with E-state index in [-0.39, 0.29) is 5.91 Å². The Kier molecular flexibility index (Phi) is 8.92. The van der Waals surface area contributed by atoms with Crippen molar-refractivity contribution in [3.63, 3.8) is 0 Å². The van der Waals surface area contributed by atoms with Crippen LogP contribution in [-0.4, -0.2) is 55.2 Å². The van der Waals surface area contributed by atoms with Gasteiger partial charge in [0.1, 0.15) is 12.4 Å². The van der Waals surface area contributed by atoms with Crippen molar-refractivity contribution in [2.24, 2.45) is 0 Å². The van der Waals surface area contributed by atoms with Crippen molar-refractivity contribution in [3.8, 4) is 17.1 Å². The number of carbonyl (C=O) groups is 1. The third-order valence-electron chi connectivity index (χ3n) is 6.37. The van der Waals surface area contributed by atoms with Crippen molar-refractivity contribution in [1.82, 2.24) is 15.2 Å². The van der Waals surface area contributed by atoms with Crippen LogP contribution in [0.5, 0.6) is 5.75 Å². The van der Waals surface area contributed by atoms with E-state index in [2.05, 4.69) is 22.2 Å². The molecule has 1 aliphatic rings. The lowest BCUT2D eigenvalue weighted by molar-refractivity contribution is -0.121. The molecule has 1 fully saturated rings. The Hall–Kier alpha value is -3.16. The van der Waals surface area contributed by atoms with Crippen LogP contribution in [0.15, 0.2) is 59.1 Å². The molecule has 2 heterocycles. The molecule has 1 N–H and O–H groups in total. The third-order valence-corrected chi connectivity index (χ3v) is 6.37. The Labute approximate surface area is 207 Å². The molecule has 0 spiro atoms. The highest BCUT2D eigenvalue weighted by Crippen LogP contribution is 2.21. The van der Waals surface area contributed by atoms with Gasteiger partial charge in [-0.2, -0.15) is 0 Å². The van der Waals surface area contributed by atoms with E-state index < -0.39 is 0 Å².